The molecule has 1 saturated heterocycles. The number of fused-ring (bicyclic) bond motifs is 3. The largest absolute Gasteiger partial charge is 0.497 e. The number of amidine groups is 1. The first kappa shape index (κ1) is 23.3. The number of benzene rings is 3. The lowest BCUT2D eigenvalue weighted by atomic mass is 9.85. The molecule has 0 radical (unpaired) electrons. The Morgan fingerprint density at radius 1 is 0.895 bits per heavy atom. The Morgan fingerprint density at radius 3 is 2.16 bits per heavy atom. The summed E-state index contributed by atoms with van der Waals surface area (Å²) in [6, 6.07) is 22.3. The number of imidazole rings is 1. The van der Waals surface area contributed by atoms with E-state index in [2.05, 4.69) is 10.3 Å². The summed E-state index contributed by atoms with van der Waals surface area (Å²) < 4.78 is 7.32. The number of nitrogen functional groups attached to an aromatic ring is 2. The summed E-state index contributed by atoms with van der Waals surface area (Å²) in [4.78, 5) is 29.4. The van der Waals surface area contributed by atoms with Gasteiger partial charge in [0, 0.05) is 11.4 Å². The van der Waals surface area contributed by atoms with Crippen molar-refractivity contribution in [2.75, 3.05) is 18.6 Å². The minimum atomic E-state index is -1.16. The van der Waals surface area contributed by atoms with Crippen molar-refractivity contribution in [1.82, 2.24) is 19.8 Å². The van der Waals surface area contributed by atoms with E-state index in [4.69, 9.17) is 26.2 Å². The lowest BCUT2D eigenvalue weighted by Gasteiger charge is -2.28. The van der Waals surface area contributed by atoms with Crippen LogP contribution in [0.4, 0.5) is 22.0 Å². The second kappa shape index (κ2) is 9.07. The van der Waals surface area contributed by atoms with Gasteiger partial charge >= 0.3 is 6.03 Å². The first-order valence-corrected chi connectivity index (χ1v) is 12.1. The lowest BCUT2D eigenvalue weighted by Crippen LogP contribution is -2.45. The second-order valence-corrected chi connectivity index (χ2v) is 9.22. The maximum atomic E-state index is 13.6. The van der Waals surface area contributed by atoms with E-state index < -0.39 is 5.54 Å². The summed E-state index contributed by atoms with van der Waals surface area (Å²) in [6.45, 7) is 0.829. The van der Waals surface area contributed by atoms with E-state index in [0.29, 0.717) is 47.6 Å². The van der Waals surface area contributed by atoms with Gasteiger partial charge in [0.25, 0.3) is 0 Å². The lowest BCUT2D eigenvalue weighted by molar-refractivity contribution is 0.225. The minimum Gasteiger partial charge on any atom is -0.497 e. The molecule has 0 spiro atoms. The van der Waals surface area contributed by atoms with Gasteiger partial charge in [0.2, 0.25) is 0 Å². The molecule has 1 unspecified atom stereocenters. The van der Waals surface area contributed by atoms with Crippen LogP contribution in [0.25, 0.3) is 0 Å². The van der Waals surface area contributed by atoms with Gasteiger partial charge in [0.15, 0.2) is 17.2 Å². The van der Waals surface area contributed by atoms with Crippen LogP contribution < -0.4 is 21.5 Å². The Kier molecular flexibility index (Phi) is 5.56. The van der Waals surface area contributed by atoms with Crippen LogP contribution in [0.3, 0.4) is 0 Å². The third-order valence-electron chi connectivity index (χ3n) is 6.83. The van der Waals surface area contributed by atoms with Gasteiger partial charge in [-0.1, -0.05) is 36.4 Å². The zero-order chi connectivity index (χ0) is 26.3. The first-order valence-electron chi connectivity index (χ1n) is 12.1. The molecule has 6 rings (SSSR count). The van der Waals surface area contributed by atoms with Gasteiger partial charge in [-0.25, -0.2) is 19.8 Å². The fourth-order valence-corrected chi connectivity index (χ4v) is 4.89. The Hall–Kier alpha value is -5.12. The summed E-state index contributed by atoms with van der Waals surface area (Å²) in [7, 11) is 1.61. The van der Waals surface area contributed by atoms with Crippen LogP contribution in [0.2, 0.25) is 0 Å². The normalized spacial score (nSPS) is 17.9. The van der Waals surface area contributed by atoms with Crippen molar-refractivity contribution in [3.63, 3.8) is 0 Å². The van der Waals surface area contributed by atoms with Crippen LogP contribution in [0.1, 0.15) is 22.4 Å². The van der Waals surface area contributed by atoms with E-state index in [1.165, 1.54) is 6.34 Å². The average molecular weight is 507 g/mol. The predicted octanol–water partition coefficient (Wildman–Crippen LogP) is 3.65. The highest BCUT2D eigenvalue weighted by Crippen LogP contribution is 2.42. The highest BCUT2D eigenvalue weighted by molar-refractivity contribution is 6.15. The number of hydrogen-bond acceptors (Lipinski definition) is 7. The van der Waals surface area contributed by atoms with Gasteiger partial charge in [0.1, 0.15) is 17.8 Å². The number of nitrogens with two attached hydrogens (primary N) is 2. The van der Waals surface area contributed by atoms with E-state index in [1.807, 2.05) is 77.4 Å². The molecule has 0 aliphatic carbocycles. The number of aliphatic imine (C=N–C) groups is 2. The van der Waals surface area contributed by atoms with Crippen LogP contribution in [-0.2, 0) is 18.6 Å². The molecule has 0 saturated carbocycles. The van der Waals surface area contributed by atoms with Crippen LogP contribution in [0, 0.1) is 0 Å². The van der Waals surface area contributed by atoms with E-state index in [9.17, 15) is 4.79 Å². The van der Waals surface area contributed by atoms with Gasteiger partial charge in [-0.3, -0.25) is 4.90 Å². The molecule has 10 nitrogen and oxygen atoms in total. The summed E-state index contributed by atoms with van der Waals surface area (Å²) >= 11 is 0. The molecular formula is C28H26N8O2. The van der Waals surface area contributed by atoms with Crippen molar-refractivity contribution in [3.05, 3.63) is 102 Å². The highest BCUT2D eigenvalue weighted by atomic mass is 16.5. The fourth-order valence-electron chi connectivity index (χ4n) is 4.89. The molecule has 2 aliphatic rings. The van der Waals surface area contributed by atoms with Gasteiger partial charge < -0.3 is 26.1 Å². The molecular weight excluding hydrogens is 480 g/mol. The van der Waals surface area contributed by atoms with E-state index in [0.717, 1.165) is 16.7 Å². The summed E-state index contributed by atoms with van der Waals surface area (Å²) in [5, 5.41) is 3.20. The molecule has 2 aliphatic heterocycles. The zero-order valence-electron chi connectivity index (χ0n) is 20.7. The standard InChI is InChI=1S/C28H26N8O2/c1-38-23-12-6-20(7-13-23)28-24-25(35(17-33-24)14-18-2-8-21(29)9-3-18)31-16-32-26(28)36(27(37)34-28)15-19-4-10-22(30)11-5-19/h2-13,16-17H,14-15,29-30H2,1H3,(H,34,37). The van der Waals surface area contributed by atoms with Crippen molar-refractivity contribution >= 4 is 35.4 Å². The minimum absolute atomic E-state index is 0.286. The maximum Gasteiger partial charge on any atom is 0.324 e. The number of aromatic nitrogens is 2. The number of amides is 2. The van der Waals surface area contributed by atoms with Crippen molar-refractivity contribution < 1.29 is 9.53 Å². The van der Waals surface area contributed by atoms with Crippen LogP contribution in [-0.4, -0.2) is 39.8 Å². The van der Waals surface area contributed by atoms with Gasteiger partial charge in [-0.2, -0.15) is 0 Å². The number of anilines is 2. The number of carbonyl (C=O) groups excluding carboxylic acids is 1. The van der Waals surface area contributed by atoms with Gasteiger partial charge in [-0.15, -0.1) is 0 Å². The fraction of sp³-hybridized carbons (Fsp3) is 0.143. The molecule has 1 aromatic heterocycles. The topological polar surface area (TPSA) is 136 Å². The molecule has 38 heavy (non-hydrogen) atoms. The number of nitrogens with zero attached hydrogens (tertiary/aromatic N) is 5. The van der Waals surface area contributed by atoms with Crippen LogP contribution in [0.5, 0.6) is 5.75 Å². The van der Waals surface area contributed by atoms with Gasteiger partial charge in [0.05, 0.1) is 26.5 Å². The molecule has 4 aromatic rings. The molecule has 3 heterocycles. The number of methoxy groups -OCH3 is 1. The van der Waals surface area contributed by atoms with Crippen molar-refractivity contribution in [2.24, 2.45) is 9.98 Å². The number of hydrogen-bond donors (Lipinski definition) is 3. The van der Waals surface area contributed by atoms with Gasteiger partial charge in [-0.05, 0) is 53.1 Å². The smallest absolute Gasteiger partial charge is 0.324 e. The van der Waals surface area contributed by atoms with Crippen LogP contribution in [0.15, 0.2) is 89.1 Å². The Balaban J connectivity index is 1.47. The average Bonchev–Trinajstić information content (AvgIpc) is 3.40. The molecule has 190 valence electrons. The Labute approximate surface area is 219 Å². The third-order valence-corrected chi connectivity index (χ3v) is 6.83. The molecule has 5 N–H and O–H groups in total. The Morgan fingerprint density at radius 2 is 1.53 bits per heavy atom. The number of rotatable bonds is 6. The van der Waals surface area contributed by atoms with E-state index in [1.54, 1.807) is 18.3 Å². The second-order valence-electron chi connectivity index (χ2n) is 9.22. The van der Waals surface area contributed by atoms with Crippen molar-refractivity contribution in [3.8, 4) is 5.75 Å². The summed E-state index contributed by atoms with van der Waals surface area (Å²) in [5.74, 6) is 1.79. The molecule has 3 aromatic carbocycles. The number of urea groups is 1. The van der Waals surface area contributed by atoms with Crippen molar-refractivity contribution in [1.29, 1.82) is 0 Å². The Bertz CT molecular complexity index is 1560. The quantitative estimate of drug-likeness (QED) is 0.343. The van der Waals surface area contributed by atoms with Crippen LogP contribution >= 0.6 is 0 Å². The molecule has 10 heteroatoms. The number of nitrogens with one attached hydrogen (secondary N) is 1. The summed E-state index contributed by atoms with van der Waals surface area (Å²) in [6.07, 6.45) is 3.22. The SMILES string of the molecule is COc1ccc(C23NC(=O)N(Cc4ccc(N)cc4)C2=NC=Nc2c3ncn2Cc2ccc(N)cc2)cc1. The first-order chi connectivity index (χ1) is 18.5. The van der Waals surface area contributed by atoms with Crippen molar-refractivity contribution in [2.45, 2.75) is 18.6 Å². The zero-order valence-corrected chi connectivity index (χ0v) is 20.7. The van der Waals surface area contributed by atoms with E-state index in [-0.39, 0.29) is 6.03 Å². The maximum absolute atomic E-state index is 13.6. The predicted molar refractivity (Wildman–Crippen MR) is 146 cm³/mol. The number of ether oxygens (including phenoxy) is 1. The molecule has 1 atom stereocenters. The third kappa shape index (κ3) is 3.83. The van der Waals surface area contributed by atoms with E-state index >= 15 is 0 Å². The molecule has 2 amide bonds. The molecule has 1 fully saturated rings. The molecule has 0 bridgehead atoms. The summed E-state index contributed by atoms with van der Waals surface area (Å²) in [5.41, 5.74) is 15.2. The number of carbonyl (C=O) groups is 1. The highest BCUT2D eigenvalue weighted by Gasteiger charge is 2.55. The monoisotopic (exact) mass is 506 g/mol.